The lowest BCUT2D eigenvalue weighted by molar-refractivity contribution is -0.122. The van der Waals surface area contributed by atoms with Crippen LogP contribution in [0.4, 0.5) is 10.1 Å². The van der Waals surface area contributed by atoms with E-state index in [9.17, 15) is 9.18 Å². The largest absolute Gasteiger partial charge is 0.389 e. The minimum atomic E-state index is -0.511. The molecule has 0 aliphatic heterocycles. The fourth-order valence-electron chi connectivity index (χ4n) is 1.67. The van der Waals surface area contributed by atoms with Crippen molar-refractivity contribution >= 4 is 28.8 Å². The SMILES string of the molecule is NC(=S)c1ccc(NC(=O)C2CCC2)c(F)c1. The fraction of sp³-hybridized carbons (Fsp3) is 0.333. The van der Waals surface area contributed by atoms with E-state index >= 15 is 0 Å². The van der Waals surface area contributed by atoms with Gasteiger partial charge in [0.15, 0.2) is 0 Å². The molecule has 1 aromatic carbocycles. The number of thiocarbonyl (C=S) groups is 1. The first-order valence-electron chi connectivity index (χ1n) is 5.48. The number of nitrogens with one attached hydrogen (secondary N) is 1. The molecule has 1 aliphatic carbocycles. The summed E-state index contributed by atoms with van der Waals surface area (Å²) in [4.78, 5) is 11.8. The quantitative estimate of drug-likeness (QED) is 0.811. The highest BCUT2D eigenvalue weighted by molar-refractivity contribution is 7.80. The number of carbonyl (C=O) groups is 1. The van der Waals surface area contributed by atoms with Gasteiger partial charge in [-0.05, 0) is 31.0 Å². The van der Waals surface area contributed by atoms with Gasteiger partial charge in [-0.25, -0.2) is 4.39 Å². The zero-order valence-electron chi connectivity index (χ0n) is 9.20. The summed E-state index contributed by atoms with van der Waals surface area (Å²) in [5.41, 5.74) is 6.03. The van der Waals surface area contributed by atoms with Gasteiger partial charge in [0, 0.05) is 11.5 Å². The van der Waals surface area contributed by atoms with E-state index in [2.05, 4.69) is 5.32 Å². The molecule has 3 nitrogen and oxygen atoms in total. The second kappa shape index (κ2) is 4.79. The van der Waals surface area contributed by atoms with Crippen LogP contribution >= 0.6 is 12.2 Å². The van der Waals surface area contributed by atoms with Crippen LogP contribution in [-0.2, 0) is 4.79 Å². The summed E-state index contributed by atoms with van der Waals surface area (Å²) in [6, 6.07) is 4.32. The molecular formula is C12H13FN2OS. The Morgan fingerprint density at radius 1 is 1.47 bits per heavy atom. The number of amides is 1. The summed E-state index contributed by atoms with van der Waals surface area (Å²) in [5, 5.41) is 2.58. The molecule has 0 saturated heterocycles. The number of carbonyl (C=O) groups excluding carboxylic acids is 1. The Kier molecular flexibility index (Phi) is 3.38. The second-order valence-electron chi connectivity index (χ2n) is 4.18. The van der Waals surface area contributed by atoms with E-state index < -0.39 is 5.82 Å². The number of halogens is 1. The van der Waals surface area contributed by atoms with E-state index in [1.165, 1.54) is 12.1 Å². The highest BCUT2D eigenvalue weighted by Gasteiger charge is 2.25. The first kappa shape index (κ1) is 12.0. The van der Waals surface area contributed by atoms with Crippen LogP contribution in [0.2, 0.25) is 0 Å². The van der Waals surface area contributed by atoms with Crippen LogP contribution < -0.4 is 11.1 Å². The summed E-state index contributed by atoms with van der Waals surface area (Å²) in [6.45, 7) is 0. The lowest BCUT2D eigenvalue weighted by Crippen LogP contribution is -2.28. The molecular weight excluding hydrogens is 239 g/mol. The van der Waals surface area contributed by atoms with Gasteiger partial charge in [0.05, 0.1) is 5.69 Å². The van der Waals surface area contributed by atoms with E-state index in [-0.39, 0.29) is 22.5 Å². The van der Waals surface area contributed by atoms with E-state index in [0.717, 1.165) is 19.3 Å². The van der Waals surface area contributed by atoms with Gasteiger partial charge < -0.3 is 11.1 Å². The van der Waals surface area contributed by atoms with Crippen LogP contribution in [0.1, 0.15) is 24.8 Å². The molecule has 0 spiro atoms. The Hall–Kier alpha value is -1.49. The molecule has 0 atom stereocenters. The van der Waals surface area contributed by atoms with Crippen molar-refractivity contribution < 1.29 is 9.18 Å². The standard InChI is InChI=1S/C12H13FN2OS/c13-9-6-8(11(14)17)4-5-10(9)15-12(16)7-2-1-3-7/h4-7H,1-3H2,(H2,14,17)(H,15,16). The van der Waals surface area contributed by atoms with Crippen molar-refractivity contribution in [3.05, 3.63) is 29.6 Å². The van der Waals surface area contributed by atoms with Crippen LogP contribution in [0.3, 0.4) is 0 Å². The first-order valence-corrected chi connectivity index (χ1v) is 5.89. The number of benzene rings is 1. The van der Waals surface area contributed by atoms with Gasteiger partial charge in [-0.15, -0.1) is 0 Å². The van der Waals surface area contributed by atoms with Gasteiger partial charge in [-0.1, -0.05) is 18.6 Å². The minimum absolute atomic E-state index is 0.0321. The number of anilines is 1. The highest BCUT2D eigenvalue weighted by atomic mass is 32.1. The monoisotopic (exact) mass is 252 g/mol. The Morgan fingerprint density at radius 2 is 2.18 bits per heavy atom. The van der Waals surface area contributed by atoms with E-state index in [1.807, 2.05) is 0 Å². The second-order valence-corrected chi connectivity index (χ2v) is 4.62. The van der Waals surface area contributed by atoms with Crippen LogP contribution in [0.15, 0.2) is 18.2 Å². The number of rotatable bonds is 3. The lowest BCUT2D eigenvalue weighted by Gasteiger charge is -2.24. The molecule has 17 heavy (non-hydrogen) atoms. The molecule has 1 amide bonds. The predicted molar refractivity (Wildman–Crippen MR) is 68.3 cm³/mol. The third-order valence-corrected chi connectivity index (χ3v) is 3.22. The molecule has 0 aromatic heterocycles. The predicted octanol–water partition coefficient (Wildman–Crippen LogP) is 2.20. The summed E-state index contributed by atoms with van der Waals surface area (Å²) in [6.07, 6.45) is 2.85. The molecule has 0 bridgehead atoms. The number of hydrogen-bond acceptors (Lipinski definition) is 2. The molecule has 0 radical (unpaired) electrons. The third kappa shape index (κ3) is 2.61. The Morgan fingerprint density at radius 3 is 2.65 bits per heavy atom. The van der Waals surface area contributed by atoms with Crippen molar-refractivity contribution in [3.8, 4) is 0 Å². The van der Waals surface area contributed by atoms with Crippen LogP contribution in [0.25, 0.3) is 0 Å². The zero-order valence-corrected chi connectivity index (χ0v) is 10.0. The van der Waals surface area contributed by atoms with Gasteiger partial charge in [0.25, 0.3) is 0 Å². The van der Waals surface area contributed by atoms with Crippen LogP contribution in [0.5, 0.6) is 0 Å². The van der Waals surface area contributed by atoms with Crippen molar-refractivity contribution in [2.45, 2.75) is 19.3 Å². The van der Waals surface area contributed by atoms with Crippen LogP contribution in [-0.4, -0.2) is 10.9 Å². The summed E-state index contributed by atoms with van der Waals surface area (Å²) < 4.78 is 13.6. The summed E-state index contributed by atoms with van der Waals surface area (Å²) in [5.74, 6) is -0.592. The maximum absolute atomic E-state index is 13.6. The van der Waals surface area contributed by atoms with Gasteiger partial charge in [0.1, 0.15) is 10.8 Å². The third-order valence-electron chi connectivity index (χ3n) is 2.99. The molecule has 1 aliphatic rings. The fourth-order valence-corrected chi connectivity index (χ4v) is 1.80. The van der Waals surface area contributed by atoms with Crippen LogP contribution in [0, 0.1) is 11.7 Å². The maximum atomic E-state index is 13.6. The average Bonchev–Trinajstić information content (AvgIpc) is 2.18. The molecule has 1 saturated carbocycles. The van der Waals surface area contributed by atoms with Gasteiger partial charge >= 0.3 is 0 Å². The van der Waals surface area contributed by atoms with Crippen molar-refractivity contribution in [3.63, 3.8) is 0 Å². The topological polar surface area (TPSA) is 55.1 Å². The minimum Gasteiger partial charge on any atom is -0.389 e. The number of hydrogen-bond donors (Lipinski definition) is 2. The molecule has 1 aromatic rings. The van der Waals surface area contributed by atoms with Gasteiger partial charge in [-0.2, -0.15) is 0 Å². The van der Waals surface area contributed by atoms with Crippen molar-refractivity contribution in [1.29, 1.82) is 0 Å². The van der Waals surface area contributed by atoms with Crippen molar-refractivity contribution in [1.82, 2.24) is 0 Å². The van der Waals surface area contributed by atoms with Crippen molar-refractivity contribution in [2.75, 3.05) is 5.32 Å². The maximum Gasteiger partial charge on any atom is 0.227 e. The van der Waals surface area contributed by atoms with E-state index in [4.69, 9.17) is 18.0 Å². The molecule has 0 unspecified atom stereocenters. The highest BCUT2D eigenvalue weighted by Crippen LogP contribution is 2.28. The Labute approximate surface area is 104 Å². The van der Waals surface area contributed by atoms with E-state index in [0.29, 0.717) is 5.56 Å². The average molecular weight is 252 g/mol. The Balaban J connectivity index is 2.10. The normalized spacial score (nSPS) is 15.1. The first-order chi connectivity index (χ1) is 8.08. The van der Waals surface area contributed by atoms with Gasteiger partial charge in [-0.3, -0.25) is 4.79 Å². The molecule has 0 heterocycles. The van der Waals surface area contributed by atoms with Gasteiger partial charge in [0.2, 0.25) is 5.91 Å². The molecule has 90 valence electrons. The lowest BCUT2D eigenvalue weighted by atomic mass is 9.85. The molecule has 3 N–H and O–H groups in total. The molecule has 5 heteroatoms. The van der Waals surface area contributed by atoms with Crippen molar-refractivity contribution in [2.24, 2.45) is 11.7 Å². The Bertz CT molecular complexity index is 472. The zero-order chi connectivity index (χ0) is 12.4. The summed E-state index contributed by atoms with van der Waals surface area (Å²) >= 11 is 4.75. The smallest absolute Gasteiger partial charge is 0.227 e. The molecule has 1 fully saturated rings. The molecule has 2 rings (SSSR count). The summed E-state index contributed by atoms with van der Waals surface area (Å²) in [7, 11) is 0. The number of nitrogens with two attached hydrogens (primary N) is 1. The van der Waals surface area contributed by atoms with E-state index in [1.54, 1.807) is 6.07 Å².